The summed E-state index contributed by atoms with van der Waals surface area (Å²) in [6.07, 6.45) is 0. The van der Waals surface area contributed by atoms with Crippen molar-refractivity contribution in [2.24, 2.45) is 0 Å². The summed E-state index contributed by atoms with van der Waals surface area (Å²) in [7, 11) is 1.44. The van der Waals surface area contributed by atoms with Crippen molar-refractivity contribution in [3.8, 4) is 5.75 Å². The molecule has 0 fully saturated rings. The van der Waals surface area contributed by atoms with Gasteiger partial charge >= 0.3 is 0 Å². The zero-order valence-corrected chi connectivity index (χ0v) is 10.2. The quantitative estimate of drug-likeness (QED) is 0.492. The fraction of sp³-hybridized carbons (Fsp3) is 0.455. The van der Waals surface area contributed by atoms with E-state index in [1.807, 2.05) is 0 Å². The van der Waals surface area contributed by atoms with Crippen molar-refractivity contribution in [2.75, 3.05) is 20.3 Å². The molecule has 1 aromatic rings. The first-order valence-electron chi connectivity index (χ1n) is 5.21. The van der Waals surface area contributed by atoms with Crippen molar-refractivity contribution in [3.63, 3.8) is 0 Å². The second kappa shape index (κ2) is 5.70. The molecule has 1 aromatic carbocycles. The summed E-state index contributed by atoms with van der Waals surface area (Å²) in [6.45, 7) is 0.496. The molecule has 2 N–H and O–H groups in total. The van der Waals surface area contributed by atoms with E-state index in [0.29, 0.717) is 0 Å². The van der Waals surface area contributed by atoms with Gasteiger partial charge in [-0.05, 0) is 14.0 Å². The third kappa shape index (κ3) is 2.95. The highest BCUT2D eigenvalue weighted by Crippen LogP contribution is 2.29. The Morgan fingerprint density at radius 3 is 1.79 bits per heavy atom. The van der Waals surface area contributed by atoms with Crippen LogP contribution in [0.4, 0.5) is 22.0 Å². The second-order valence-corrected chi connectivity index (χ2v) is 4.16. The maximum atomic E-state index is 13.3. The zero-order chi connectivity index (χ0) is 14.8. The molecule has 0 radical (unpaired) electrons. The van der Waals surface area contributed by atoms with Crippen LogP contribution >= 0.6 is 0 Å². The van der Waals surface area contributed by atoms with Gasteiger partial charge in [0.05, 0.1) is 12.1 Å². The van der Waals surface area contributed by atoms with Gasteiger partial charge in [0.15, 0.2) is 5.75 Å². The fourth-order valence-corrected chi connectivity index (χ4v) is 1.14. The minimum atomic E-state index is -2.25. The second-order valence-electron chi connectivity index (χ2n) is 4.16. The number of aliphatic hydroxyl groups excluding tert-OH is 1. The zero-order valence-electron chi connectivity index (χ0n) is 10.2. The standard InChI is InChI=1S/C11H12F5NO2/c1-11(3-18,17-2)4-19-10-8(15)6(13)5(12)7(14)9(10)16/h17-18H,3-4H2,1-2H3. The summed E-state index contributed by atoms with van der Waals surface area (Å²) in [5, 5.41) is 11.6. The predicted octanol–water partition coefficient (Wildman–Crippen LogP) is 1.73. The van der Waals surface area contributed by atoms with E-state index in [1.165, 1.54) is 14.0 Å². The molecule has 0 heterocycles. The highest BCUT2D eigenvalue weighted by Gasteiger charge is 2.29. The molecular weight excluding hydrogens is 273 g/mol. The number of benzene rings is 1. The number of nitrogens with one attached hydrogen (secondary N) is 1. The summed E-state index contributed by atoms with van der Waals surface area (Å²) >= 11 is 0. The van der Waals surface area contributed by atoms with E-state index in [2.05, 4.69) is 10.1 Å². The monoisotopic (exact) mass is 285 g/mol. The summed E-state index contributed by atoms with van der Waals surface area (Å²) in [6, 6.07) is 0. The van der Waals surface area contributed by atoms with Crippen LogP contribution in [-0.2, 0) is 0 Å². The van der Waals surface area contributed by atoms with E-state index in [4.69, 9.17) is 5.11 Å². The summed E-state index contributed by atoms with van der Waals surface area (Å²) in [5.74, 6) is -11.9. The molecule has 0 bridgehead atoms. The van der Waals surface area contributed by atoms with Gasteiger partial charge in [-0.15, -0.1) is 0 Å². The number of hydrogen-bond donors (Lipinski definition) is 2. The molecule has 19 heavy (non-hydrogen) atoms. The maximum Gasteiger partial charge on any atom is 0.206 e. The van der Waals surface area contributed by atoms with Crippen molar-refractivity contribution < 1.29 is 31.8 Å². The van der Waals surface area contributed by atoms with Gasteiger partial charge in [-0.25, -0.2) is 13.2 Å². The average molecular weight is 285 g/mol. The van der Waals surface area contributed by atoms with Crippen molar-refractivity contribution in [2.45, 2.75) is 12.5 Å². The van der Waals surface area contributed by atoms with Crippen molar-refractivity contribution >= 4 is 0 Å². The first-order valence-corrected chi connectivity index (χ1v) is 5.21. The van der Waals surface area contributed by atoms with Crippen molar-refractivity contribution in [1.82, 2.24) is 5.32 Å². The van der Waals surface area contributed by atoms with Gasteiger partial charge in [0, 0.05) is 0 Å². The molecule has 0 aliphatic rings. The van der Waals surface area contributed by atoms with E-state index in [0.717, 1.165) is 0 Å². The largest absolute Gasteiger partial charge is 0.485 e. The van der Waals surface area contributed by atoms with Gasteiger partial charge in [-0.2, -0.15) is 8.78 Å². The van der Waals surface area contributed by atoms with Crippen LogP contribution in [-0.4, -0.2) is 30.9 Å². The molecule has 8 heteroatoms. The molecule has 0 saturated heterocycles. The lowest BCUT2D eigenvalue weighted by atomic mass is 10.1. The molecule has 108 valence electrons. The van der Waals surface area contributed by atoms with Crippen LogP contribution in [0.25, 0.3) is 0 Å². The summed E-state index contributed by atoms with van der Waals surface area (Å²) in [4.78, 5) is 0. The van der Waals surface area contributed by atoms with Crippen LogP contribution in [0, 0.1) is 29.1 Å². The Morgan fingerprint density at radius 1 is 1.00 bits per heavy atom. The smallest absolute Gasteiger partial charge is 0.206 e. The van der Waals surface area contributed by atoms with Gasteiger partial charge in [0.1, 0.15) is 6.61 Å². The number of likely N-dealkylation sites (N-methyl/N-ethyl adjacent to an activating group) is 1. The predicted molar refractivity (Wildman–Crippen MR) is 56.3 cm³/mol. The normalized spacial score (nSPS) is 14.3. The van der Waals surface area contributed by atoms with E-state index >= 15 is 0 Å². The molecule has 3 nitrogen and oxygen atoms in total. The van der Waals surface area contributed by atoms with E-state index in [-0.39, 0.29) is 0 Å². The minimum Gasteiger partial charge on any atom is -0.485 e. The molecule has 0 aliphatic carbocycles. The third-order valence-electron chi connectivity index (χ3n) is 2.66. The number of halogens is 5. The van der Waals surface area contributed by atoms with Crippen molar-refractivity contribution in [3.05, 3.63) is 29.1 Å². The molecule has 1 atom stereocenters. The summed E-state index contributed by atoms with van der Waals surface area (Å²) < 4.78 is 69.7. The molecule has 1 rings (SSSR count). The minimum absolute atomic E-state index is 0.459. The van der Waals surface area contributed by atoms with Crippen LogP contribution in [0.1, 0.15) is 6.92 Å². The van der Waals surface area contributed by atoms with Crippen LogP contribution < -0.4 is 10.1 Å². The Bertz CT molecular complexity index is 448. The van der Waals surface area contributed by atoms with Crippen LogP contribution in [0.3, 0.4) is 0 Å². The van der Waals surface area contributed by atoms with E-state index in [9.17, 15) is 22.0 Å². The Morgan fingerprint density at radius 2 is 1.42 bits per heavy atom. The van der Waals surface area contributed by atoms with E-state index in [1.54, 1.807) is 0 Å². The number of hydrogen-bond acceptors (Lipinski definition) is 3. The highest BCUT2D eigenvalue weighted by atomic mass is 19.2. The lowest BCUT2D eigenvalue weighted by molar-refractivity contribution is 0.115. The molecule has 0 aliphatic heterocycles. The first-order chi connectivity index (χ1) is 8.77. The molecule has 1 unspecified atom stereocenters. The Hall–Kier alpha value is -1.41. The SMILES string of the molecule is CNC(C)(CO)COc1c(F)c(F)c(F)c(F)c1F. The Balaban J connectivity index is 3.09. The lowest BCUT2D eigenvalue weighted by Gasteiger charge is -2.26. The Kier molecular flexibility index (Phi) is 4.70. The topological polar surface area (TPSA) is 41.5 Å². The van der Waals surface area contributed by atoms with Gasteiger partial charge in [0.25, 0.3) is 0 Å². The Labute approximate surface area is 106 Å². The lowest BCUT2D eigenvalue weighted by Crippen LogP contribution is -2.48. The van der Waals surface area contributed by atoms with E-state index < -0.39 is 53.6 Å². The van der Waals surface area contributed by atoms with Gasteiger partial charge in [-0.3, -0.25) is 0 Å². The van der Waals surface area contributed by atoms with Gasteiger partial charge in [-0.1, -0.05) is 0 Å². The molecule has 0 amide bonds. The van der Waals surface area contributed by atoms with Crippen LogP contribution in [0.15, 0.2) is 0 Å². The molecule has 0 saturated carbocycles. The van der Waals surface area contributed by atoms with Crippen molar-refractivity contribution in [1.29, 1.82) is 0 Å². The molecule has 0 aromatic heterocycles. The fourth-order valence-electron chi connectivity index (χ4n) is 1.14. The van der Waals surface area contributed by atoms with Gasteiger partial charge in [0.2, 0.25) is 29.1 Å². The highest BCUT2D eigenvalue weighted by molar-refractivity contribution is 5.29. The summed E-state index contributed by atoms with van der Waals surface area (Å²) in [5.41, 5.74) is -1.08. The first kappa shape index (κ1) is 15.6. The number of rotatable bonds is 5. The number of aliphatic hydroxyl groups is 1. The van der Waals surface area contributed by atoms with Crippen LogP contribution in [0.2, 0.25) is 0 Å². The maximum absolute atomic E-state index is 13.3. The molecular formula is C11H12F5NO2. The van der Waals surface area contributed by atoms with Gasteiger partial charge < -0.3 is 15.2 Å². The number of ether oxygens (including phenoxy) is 1. The van der Waals surface area contributed by atoms with Crippen LogP contribution in [0.5, 0.6) is 5.75 Å². The third-order valence-corrected chi connectivity index (χ3v) is 2.66. The average Bonchev–Trinajstić information content (AvgIpc) is 2.42. The molecule has 0 spiro atoms.